The van der Waals surface area contributed by atoms with Gasteiger partial charge in [-0.2, -0.15) is 5.10 Å². The third-order valence-corrected chi connectivity index (χ3v) is 7.70. The van der Waals surface area contributed by atoms with Crippen LogP contribution in [0.15, 0.2) is 54.6 Å². The minimum atomic E-state index is 0.00240. The number of ether oxygens (including phenoxy) is 1. The number of piperidine rings is 3. The number of carbonyl (C=O) groups excluding carboxylic acids is 1. The molecule has 4 unspecified atom stereocenters. The van der Waals surface area contributed by atoms with Gasteiger partial charge in [0.15, 0.2) is 0 Å². The number of nitrogens with one attached hydrogen (secondary N) is 1. The van der Waals surface area contributed by atoms with E-state index < -0.39 is 0 Å². The Balaban J connectivity index is 1.24. The Morgan fingerprint density at radius 2 is 1.94 bits per heavy atom. The quantitative estimate of drug-likeness (QED) is 0.566. The minimum absolute atomic E-state index is 0.00240. The summed E-state index contributed by atoms with van der Waals surface area (Å²) in [6.45, 7) is 2.79. The van der Waals surface area contributed by atoms with Crippen molar-refractivity contribution in [3.05, 3.63) is 65.9 Å². The zero-order chi connectivity index (χ0) is 24.5. The highest BCUT2D eigenvalue weighted by atomic mass is 16.5. The summed E-state index contributed by atoms with van der Waals surface area (Å²) in [6.07, 6.45) is 2.29. The lowest BCUT2D eigenvalue weighted by molar-refractivity contribution is 0.0280. The van der Waals surface area contributed by atoms with Crippen LogP contribution in [-0.2, 0) is 7.05 Å². The molecule has 184 valence electrons. The molecule has 0 spiro atoms. The van der Waals surface area contributed by atoms with E-state index in [9.17, 15) is 4.79 Å². The smallest absolute Gasteiger partial charge is 0.251 e. The molecular weight excluding hydrogens is 438 g/mol. The number of hydrogen-bond acceptors (Lipinski definition) is 5. The van der Waals surface area contributed by atoms with Gasteiger partial charge in [0.05, 0.1) is 12.8 Å². The van der Waals surface area contributed by atoms with Gasteiger partial charge in [0.1, 0.15) is 5.75 Å². The lowest BCUT2D eigenvalue weighted by Gasteiger charge is -2.50. The van der Waals surface area contributed by atoms with Crippen molar-refractivity contribution < 1.29 is 9.53 Å². The molecule has 3 saturated heterocycles. The van der Waals surface area contributed by atoms with E-state index in [4.69, 9.17) is 9.84 Å². The zero-order valence-electron chi connectivity index (χ0n) is 21.1. The first-order valence-corrected chi connectivity index (χ1v) is 12.4. The predicted molar refractivity (Wildman–Crippen MR) is 139 cm³/mol. The molecule has 1 amide bonds. The second-order valence-electron chi connectivity index (χ2n) is 9.97. The van der Waals surface area contributed by atoms with Crippen LogP contribution in [0.4, 0.5) is 5.69 Å². The molecule has 4 atom stereocenters. The zero-order valence-corrected chi connectivity index (χ0v) is 21.1. The summed E-state index contributed by atoms with van der Waals surface area (Å²) in [5, 5.41) is 8.02. The first-order valence-electron chi connectivity index (χ1n) is 12.4. The number of aromatic nitrogens is 2. The van der Waals surface area contributed by atoms with Crippen LogP contribution in [0.2, 0.25) is 0 Å². The summed E-state index contributed by atoms with van der Waals surface area (Å²) in [5.74, 6) is 1.90. The molecule has 1 aromatic heterocycles. The van der Waals surface area contributed by atoms with Crippen molar-refractivity contribution in [1.82, 2.24) is 20.0 Å². The van der Waals surface area contributed by atoms with Crippen molar-refractivity contribution in [3.63, 3.8) is 0 Å². The van der Waals surface area contributed by atoms with E-state index >= 15 is 0 Å². The molecule has 3 aliphatic heterocycles. The van der Waals surface area contributed by atoms with Crippen molar-refractivity contribution in [1.29, 1.82) is 0 Å². The Kier molecular flexibility index (Phi) is 6.52. The molecular formula is C28H35N5O2. The molecule has 3 aliphatic rings. The second kappa shape index (κ2) is 9.74. The number of amides is 1. The van der Waals surface area contributed by atoms with Crippen molar-refractivity contribution in [2.24, 2.45) is 13.0 Å². The standard InChI is InChI=1S/C28H35N5O2/c1-31(2)21-11-9-19(10-12-21)28(34)29-17-22-15-20-13-14-33(22)18-24(20)26-16-25(30-32(26)3)23-7-5-6-8-27(23)35-4/h5-12,16,20,22,24H,13-15,17-18H2,1-4H3,(H,29,34). The average Bonchev–Trinajstić information content (AvgIpc) is 3.28. The van der Waals surface area contributed by atoms with Gasteiger partial charge in [0, 0.05) is 68.7 Å². The highest BCUT2D eigenvalue weighted by Crippen LogP contribution is 2.42. The summed E-state index contributed by atoms with van der Waals surface area (Å²) in [6, 6.07) is 18.4. The Morgan fingerprint density at radius 1 is 1.17 bits per heavy atom. The largest absolute Gasteiger partial charge is 0.496 e. The maximum atomic E-state index is 12.7. The molecule has 7 nitrogen and oxygen atoms in total. The van der Waals surface area contributed by atoms with Gasteiger partial charge >= 0.3 is 0 Å². The van der Waals surface area contributed by atoms with Gasteiger partial charge in [0.2, 0.25) is 0 Å². The SMILES string of the molecule is COc1ccccc1-c1cc(C2CN3CCC2CC3CNC(=O)c2ccc(N(C)C)cc2)n(C)n1. The second-order valence-corrected chi connectivity index (χ2v) is 9.97. The Bertz CT molecular complexity index is 1190. The van der Waals surface area contributed by atoms with E-state index in [1.54, 1.807) is 7.11 Å². The van der Waals surface area contributed by atoms with Gasteiger partial charge in [-0.15, -0.1) is 0 Å². The molecule has 6 rings (SSSR count). The van der Waals surface area contributed by atoms with E-state index in [2.05, 4.69) is 22.3 Å². The molecule has 3 fully saturated rings. The number of anilines is 1. The van der Waals surface area contributed by atoms with Gasteiger partial charge in [-0.1, -0.05) is 12.1 Å². The summed E-state index contributed by atoms with van der Waals surface area (Å²) in [7, 11) is 7.75. The van der Waals surface area contributed by atoms with Crippen molar-refractivity contribution >= 4 is 11.6 Å². The number of methoxy groups -OCH3 is 1. The van der Waals surface area contributed by atoms with Gasteiger partial charge in [-0.05, 0) is 67.8 Å². The molecule has 4 heterocycles. The van der Waals surface area contributed by atoms with E-state index in [0.29, 0.717) is 30.0 Å². The molecule has 2 bridgehead atoms. The van der Waals surface area contributed by atoms with E-state index in [1.165, 1.54) is 12.1 Å². The lowest BCUT2D eigenvalue weighted by atomic mass is 9.74. The maximum Gasteiger partial charge on any atom is 0.251 e. The summed E-state index contributed by atoms with van der Waals surface area (Å²) in [5.41, 5.74) is 5.07. The fraction of sp³-hybridized carbons (Fsp3) is 0.429. The van der Waals surface area contributed by atoms with Gasteiger partial charge in [0.25, 0.3) is 5.91 Å². The van der Waals surface area contributed by atoms with E-state index in [1.807, 2.05) is 73.2 Å². The molecule has 2 aromatic carbocycles. The monoisotopic (exact) mass is 473 g/mol. The van der Waals surface area contributed by atoms with Crippen LogP contribution in [0.25, 0.3) is 11.3 Å². The maximum absolute atomic E-state index is 12.7. The Labute approximate surface area is 207 Å². The Morgan fingerprint density at radius 3 is 2.63 bits per heavy atom. The number of nitrogens with zero attached hydrogens (tertiary/aromatic N) is 4. The average molecular weight is 474 g/mol. The number of benzene rings is 2. The normalized spacial score (nSPS) is 23.2. The first kappa shape index (κ1) is 23.4. The van der Waals surface area contributed by atoms with Crippen LogP contribution in [0.1, 0.15) is 34.8 Å². The number of rotatable bonds is 7. The van der Waals surface area contributed by atoms with E-state index in [-0.39, 0.29) is 5.91 Å². The molecule has 0 radical (unpaired) electrons. The summed E-state index contributed by atoms with van der Waals surface area (Å²) >= 11 is 0. The Hall–Kier alpha value is -3.32. The van der Waals surface area contributed by atoms with Crippen LogP contribution in [0.5, 0.6) is 5.75 Å². The number of carbonyl (C=O) groups is 1. The third kappa shape index (κ3) is 4.65. The molecule has 0 saturated carbocycles. The molecule has 35 heavy (non-hydrogen) atoms. The van der Waals surface area contributed by atoms with Gasteiger partial charge in [-0.25, -0.2) is 0 Å². The first-order chi connectivity index (χ1) is 16.9. The van der Waals surface area contributed by atoms with Gasteiger partial charge in [-0.3, -0.25) is 14.4 Å². The predicted octanol–water partition coefficient (Wildman–Crippen LogP) is 3.77. The van der Waals surface area contributed by atoms with Crippen LogP contribution >= 0.6 is 0 Å². The van der Waals surface area contributed by atoms with Crippen molar-refractivity contribution in [2.75, 3.05) is 45.7 Å². The van der Waals surface area contributed by atoms with Gasteiger partial charge < -0.3 is 15.0 Å². The topological polar surface area (TPSA) is 62.6 Å². The van der Waals surface area contributed by atoms with Crippen molar-refractivity contribution in [2.45, 2.75) is 24.8 Å². The number of fused-ring (bicyclic) bond motifs is 3. The third-order valence-electron chi connectivity index (χ3n) is 7.70. The number of aryl methyl sites for hydroxylation is 1. The van der Waals surface area contributed by atoms with E-state index in [0.717, 1.165) is 42.2 Å². The highest BCUT2D eigenvalue weighted by molar-refractivity contribution is 5.94. The fourth-order valence-electron chi connectivity index (χ4n) is 5.73. The van der Waals surface area contributed by atoms with Crippen LogP contribution < -0.4 is 15.0 Å². The fourth-order valence-corrected chi connectivity index (χ4v) is 5.73. The van der Waals surface area contributed by atoms with Crippen molar-refractivity contribution in [3.8, 4) is 17.0 Å². The van der Waals surface area contributed by atoms with Crippen LogP contribution in [0, 0.1) is 5.92 Å². The van der Waals surface area contributed by atoms with Crippen LogP contribution in [0.3, 0.4) is 0 Å². The highest BCUT2D eigenvalue weighted by Gasteiger charge is 2.42. The molecule has 1 N–H and O–H groups in total. The number of para-hydroxylation sites is 1. The number of hydrogen-bond donors (Lipinski definition) is 1. The lowest BCUT2D eigenvalue weighted by Crippen LogP contribution is -2.56. The molecule has 7 heteroatoms. The summed E-state index contributed by atoms with van der Waals surface area (Å²) < 4.78 is 7.60. The minimum Gasteiger partial charge on any atom is -0.496 e. The summed E-state index contributed by atoms with van der Waals surface area (Å²) in [4.78, 5) is 17.3. The molecule has 0 aliphatic carbocycles. The van der Waals surface area contributed by atoms with Crippen LogP contribution in [-0.4, -0.2) is 67.5 Å². The molecule has 3 aromatic rings.